The van der Waals surface area contributed by atoms with Gasteiger partial charge in [-0.05, 0) is 41.9 Å². The molecule has 1 nitrogen and oxygen atoms in total. The molecule has 0 aliphatic rings. The van der Waals surface area contributed by atoms with E-state index in [-0.39, 0.29) is 11.3 Å². The fraction of sp³-hybridized carbons (Fsp3) is 0.611. The summed E-state index contributed by atoms with van der Waals surface area (Å²) in [5.74, 6) is 0.548. The van der Waals surface area contributed by atoms with Crippen LogP contribution in [0.2, 0.25) is 0 Å². The Morgan fingerprint density at radius 1 is 1.21 bits per heavy atom. The van der Waals surface area contributed by atoms with Gasteiger partial charge in [-0.25, -0.2) is 0 Å². The maximum Gasteiger partial charge on any atom is 0.135 e. The highest BCUT2D eigenvalue weighted by Crippen LogP contribution is 2.27. The Morgan fingerprint density at radius 2 is 1.84 bits per heavy atom. The second-order valence-electron chi connectivity index (χ2n) is 6.87. The Kier molecular flexibility index (Phi) is 5.34. The van der Waals surface area contributed by atoms with Crippen LogP contribution in [-0.2, 0) is 16.6 Å². The van der Waals surface area contributed by atoms with Crippen LogP contribution < -0.4 is 0 Å². The fourth-order valence-electron chi connectivity index (χ4n) is 2.39. The minimum atomic E-state index is 0.170. The lowest BCUT2D eigenvalue weighted by molar-refractivity contribution is -0.121. The molecule has 0 N–H and O–H groups in total. The lowest BCUT2D eigenvalue weighted by Gasteiger charge is -2.22. The quantitative estimate of drug-likeness (QED) is 0.740. The lowest BCUT2D eigenvalue weighted by Crippen LogP contribution is -2.13. The molecule has 0 fully saturated rings. The van der Waals surface area contributed by atoms with Gasteiger partial charge >= 0.3 is 0 Å². The fourth-order valence-corrected chi connectivity index (χ4v) is 2.39. The number of hydrogen-bond donors (Lipinski definition) is 0. The first kappa shape index (κ1) is 15.9. The predicted octanol–water partition coefficient (Wildman–Crippen LogP) is 4.84. The third kappa shape index (κ3) is 4.81. The molecular formula is C18H28O. The molecule has 0 unspecified atom stereocenters. The van der Waals surface area contributed by atoms with Gasteiger partial charge in [0.05, 0.1) is 0 Å². The van der Waals surface area contributed by atoms with E-state index in [2.05, 4.69) is 45.9 Å². The topological polar surface area (TPSA) is 17.1 Å². The van der Waals surface area contributed by atoms with Gasteiger partial charge in [-0.15, -0.1) is 0 Å². The maximum atomic E-state index is 11.6. The molecule has 19 heavy (non-hydrogen) atoms. The van der Waals surface area contributed by atoms with Crippen LogP contribution in [0.3, 0.4) is 0 Å². The molecule has 0 spiro atoms. The van der Waals surface area contributed by atoms with Gasteiger partial charge in [0.15, 0.2) is 0 Å². The number of rotatable bonds is 5. The minimum absolute atomic E-state index is 0.170. The van der Waals surface area contributed by atoms with E-state index in [1.807, 2.05) is 13.8 Å². The summed E-state index contributed by atoms with van der Waals surface area (Å²) in [6.45, 7) is 12.9. The Bertz CT molecular complexity index is 435. The average molecular weight is 260 g/mol. The molecule has 1 heteroatoms. The van der Waals surface area contributed by atoms with Gasteiger partial charge in [-0.3, -0.25) is 4.79 Å². The van der Waals surface area contributed by atoms with Crippen molar-refractivity contribution in [2.45, 2.75) is 66.2 Å². The van der Waals surface area contributed by atoms with Crippen LogP contribution in [0.4, 0.5) is 0 Å². The van der Waals surface area contributed by atoms with Crippen LogP contribution in [0.15, 0.2) is 18.2 Å². The number of aryl methyl sites for hydroxylation is 2. The molecule has 0 saturated heterocycles. The van der Waals surface area contributed by atoms with Crippen molar-refractivity contribution in [3.05, 3.63) is 34.9 Å². The van der Waals surface area contributed by atoms with Crippen molar-refractivity contribution in [3.8, 4) is 0 Å². The number of benzene rings is 1. The molecular weight excluding hydrogens is 232 g/mol. The van der Waals surface area contributed by atoms with Gasteiger partial charge < -0.3 is 0 Å². The van der Waals surface area contributed by atoms with Crippen molar-refractivity contribution < 1.29 is 4.79 Å². The molecule has 0 atom stereocenters. The normalized spacial score (nSPS) is 11.9. The van der Waals surface area contributed by atoms with Crippen molar-refractivity contribution in [2.75, 3.05) is 0 Å². The SMILES string of the molecule is Cc1ccc(CCCC(=O)C(C)C)cc1C(C)(C)C. The number of carbonyl (C=O) groups is 1. The molecule has 0 aliphatic carbocycles. The van der Waals surface area contributed by atoms with Crippen molar-refractivity contribution in [1.82, 2.24) is 0 Å². The summed E-state index contributed by atoms with van der Waals surface area (Å²) in [5.41, 5.74) is 4.31. The summed E-state index contributed by atoms with van der Waals surface area (Å²) in [6, 6.07) is 6.72. The molecule has 106 valence electrons. The Labute approximate surface area is 118 Å². The van der Waals surface area contributed by atoms with Gasteiger partial charge in [-0.2, -0.15) is 0 Å². The number of Topliss-reactive ketones (excluding diaryl/α,β-unsaturated/α-hetero) is 1. The smallest absolute Gasteiger partial charge is 0.135 e. The molecule has 0 radical (unpaired) electrons. The predicted molar refractivity (Wildman–Crippen MR) is 82.7 cm³/mol. The third-order valence-electron chi connectivity index (χ3n) is 3.64. The van der Waals surface area contributed by atoms with Crippen molar-refractivity contribution in [2.24, 2.45) is 5.92 Å². The first-order valence-electron chi connectivity index (χ1n) is 7.34. The number of ketones is 1. The maximum absolute atomic E-state index is 11.6. The Morgan fingerprint density at radius 3 is 2.37 bits per heavy atom. The third-order valence-corrected chi connectivity index (χ3v) is 3.64. The van der Waals surface area contributed by atoms with E-state index in [1.54, 1.807) is 0 Å². The number of hydrogen-bond acceptors (Lipinski definition) is 1. The van der Waals surface area contributed by atoms with Crippen LogP contribution in [0.25, 0.3) is 0 Å². The zero-order valence-electron chi connectivity index (χ0n) is 13.3. The van der Waals surface area contributed by atoms with Gasteiger partial charge in [0.1, 0.15) is 5.78 Å². The van der Waals surface area contributed by atoms with Crippen LogP contribution in [-0.4, -0.2) is 5.78 Å². The van der Waals surface area contributed by atoms with Crippen LogP contribution in [0.5, 0.6) is 0 Å². The highest BCUT2D eigenvalue weighted by atomic mass is 16.1. The second kappa shape index (κ2) is 6.36. The van der Waals surface area contributed by atoms with E-state index >= 15 is 0 Å². The number of carbonyl (C=O) groups excluding carboxylic acids is 1. The van der Waals surface area contributed by atoms with Crippen LogP contribution in [0, 0.1) is 12.8 Å². The van der Waals surface area contributed by atoms with E-state index in [0.717, 1.165) is 12.8 Å². The largest absolute Gasteiger partial charge is 0.299 e. The van der Waals surface area contributed by atoms with E-state index in [0.29, 0.717) is 12.2 Å². The highest BCUT2D eigenvalue weighted by Gasteiger charge is 2.16. The van der Waals surface area contributed by atoms with E-state index in [4.69, 9.17) is 0 Å². The van der Waals surface area contributed by atoms with Gasteiger partial charge in [0.2, 0.25) is 0 Å². The van der Waals surface area contributed by atoms with Crippen LogP contribution in [0.1, 0.15) is 64.2 Å². The molecule has 1 aromatic carbocycles. The second-order valence-corrected chi connectivity index (χ2v) is 6.87. The Hall–Kier alpha value is -1.11. The zero-order chi connectivity index (χ0) is 14.6. The summed E-state index contributed by atoms with van der Waals surface area (Å²) in [4.78, 5) is 11.6. The monoisotopic (exact) mass is 260 g/mol. The first-order valence-corrected chi connectivity index (χ1v) is 7.34. The molecule has 1 rings (SSSR count). The molecule has 0 amide bonds. The molecule has 0 aromatic heterocycles. The Balaban J connectivity index is 2.68. The molecule has 0 aliphatic heterocycles. The molecule has 0 heterocycles. The van der Waals surface area contributed by atoms with Crippen molar-refractivity contribution in [1.29, 1.82) is 0 Å². The van der Waals surface area contributed by atoms with E-state index in [9.17, 15) is 4.79 Å². The van der Waals surface area contributed by atoms with Gasteiger partial charge in [0.25, 0.3) is 0 Å². The molecule has 0 bridgehead atoms. The van der Waals surface area contributed by atoms with Crippen LogP contribution >= 0.6 is 0 Å². The summed E-state index contributed by atoms with van der Waals surface area (Å²) < 4.78 is 0. The standard InChI is InChI=1S/C18H28O/c1-13(2)17(19)9-7-8-15-11-10-14(3)16(12-15)18(4,5)6/h10-13H,7-9H2,1-6H3. The summed E-state index contributed by atoms with van der Waals surface area (Å²) in [6.07, 6.45) is 2.67. The molecule has 1 aromatic rings. The van der Waals surface area contributed by atoms with E-state index < -0.39 is 0 Å². The van der Waals surface area contributed by atoms with Crippen molar-refractivity contribution in [3.63, 3.8) is 0 Å². The highest BCUT2D eigenvalue weighted by molar-refractivity contribution is 5.80. The first-order chi connectivity index (χ1) is 8.71. The summed E-state index contributed by atoms with van der Waals surface area (Å²) in [5, 5.41) is 0. The summed E-state index contributed by atoms with van der Waals surface area (Å²) in [7, 11) is 0. The van der Waals surface area contributed by atoms with Gasteiger partial charge in [-0.1, -0.05) is 52.8 Å². The molecule has 0 saturated carbocycles. The van der Waals surface area contributed by atoms with Gasteiger partial charge in [0, 0.05) is 12.3 Å². The van der Waals surface area contributed by atoms with Crippen molar-refractivity contribution >= 4 is 5.78 Å². The lowest BCUT2D eigenvalue weighted by atomic mass is 9.83. The minimum Gasteiger partial charge on any atom is -0.299 e. The zero-order valence-corrected chi connectivity index (χ0v) is 13.3. The average Bonchev–Trinajstić information content (AvgIpc) is 2.29. The van der Waals surface area contributed by atoms with E-state index in [1.165, 1.54) is 16.7 Å². The summed E-state index contributed by atoms with van der Waals surface area (Å²) >= 11 is 0.